The highest BCUT2D eigenvalue weighted by Crippen LogP contribution is 2.43. The fraction of sp³-hybridized carbons (Fsp3) is 0.455. The molecule has 282 valence electrons. The molecule has 2 aromatic carbocycles. The Kier molecular flexibility index (Phi) is 10.6. The molecule has 4 aromatic rings. The molecule has 4 aliphatic carbocycles. The van der Waals surface area contributed by atoms with E-state index in [4.69, 9.17) is 0 Å². The van der Waals surface area contributed by atoms with Crippen LogP contribution < -0.4 is 21.3 Å². The van der Waals surface area contributed by atoms with Gasteiger partial charge in [-0.2, -0.15) is 0 Å². The number of aliphatic hydroxyl groups excluding tert-OH is 2. The Morgan fingerprint density at radius 3 is 1.43 bits per heavy atom. The average molecular weight is 729 g/mol. The molecule has 2 heterocycles. The van der Waals surface area contributed by atoms with Crippen LogP contribution in [0.4, 0.5) is 11.4 Å². The summed E-state index contributed by atoms with van der Waals surface area (Å²) in [5.74, 6) is 0.383. The molecule has 0 aliphatic heterocycles. The van der Waals surface area contributed by atoms with Crippen LogP contribution in [-0.4, -0.2) is 56.3 Å². The maximum Gasteiger partial charge on any atom is 0.274 e. The summed E-state index contributed by atoms with van der Waals surface area (Å²) in [7, 11) is 0. The van der Waals surface area contributed by atoms with Crippen LogP contribution in [0.5, 0.6) is 0 Å². The quantitative estimate of drug-likeness (QED) is 0.0861. The van der Waals surface area contributed by atoms with Gasteiger partial charge in [-0.15, -0.1) is 0 Å². The molecule has 0 radical (unpaired) electrons. The molecule has 2 aromatic heterocycles. The van der Waals surface area contributed by atoms with E-state index >= 15 is 0 Å². The lowest BCUT2D eigenvalue weighted by molar-refractivity contribution is 0.101. The molecule has 4 aliphatic rings. The minimum Gasteiger partial charge on any atom is -0.392 e. The third kappa shape index (κ3) is 7.98. The predicted octanol–water partition coefficient (Wildman–Crippen LogP) is 7.03. The SMILES string of the molecule is Cc1c(NC(=O)c2cc(C3CC3)c(CN[C@H]3CCC[C@@H]3O)cn2)cccc1-c1cccc(NC(=O)c2cc(C3CC3)c(CN[C@H]3CCC[C@@H]3O)cn2)c1C. The number of aromatic nitrogens is 2. The molecule has 0 saturated heterocycles. The van der Waals surface area contributed by atoms with Crippen molar-refractivity contribution >= 4 is 23.2 Å². The monoisotopic (exact) mass is 728 g/mol. The van der Waals surface area contributed by atoms with Crippen molar-refractivity contribution in [2.24, 2.45) is 0 Å². The highest BCUT2D eigenvalue weighted by Gasteiger charge is 2.31. The number of anilines is 2. The lowest BCUT2D eigenvalue weighted by Crippen LogP contribution is -2.35. The zero-order valence-electron chi connectivity index (χ0n) is 31.3. The van der Waals surface area contributed by atoms with Gasteiger partial charge in [-0.05, 0) is 159 Å². The highest BCUT2D eigenvalue weighted by molar-refractivity contribution is 6.05. The second kappa shape index (κ2) is 15.7. The van der Waals surface area contributed by atoms with E-state index in [2.05, 4.69) is 31.2 Å². The molecule has 8 rings (SSSR count). The van der Waals surface area contributed by atoms with Gasteiger partial charge in [0.05, 0.1) is 12.2 Å². The largest absolute Gasteiger partial charge is 0.392 e. The molecular formula is C44H52N6O4. The molecule has 0 bridgehead atoms. The molecule has 4 fully saturated rings. The van der Waals surface area contributed by atoms with E-state index in [1.165, 1.54) is 11.1 Å². The van der Waals surface area contributed by atoms with Crippen LogP contribution in [0.2, 0.25) is 0 Å². The lowest BCUT2D eigenvalue weighted by atomic mass is 9.94. The number of hydrogen-bond donors (Lipinski definition) is 6. The maximum atomic E-state index is 13.6. The Labute approximate surface area is 317 Å². The molecule has 2 amide bonds. The van der Waals surface area contributed by atoms with Gasteiger partial charge >= 0.3 is 0 Å². The number of rotatable bonds is 13. The van der Waals surface area contributed by atoms with Crippen LogP contribution in [0, 0.1) is 13.8 Å². The number of nitrogens with zero attached hydrogens (tertiary/aromatic N) is 2. The van der Waals surface area contributed by atoms with Crippen molar-refractivity contribution < 1.29 is 19.8 Å². The zero-order valence-corrected chi connectivity index (χ0v) is 31.3. The van der Waals surface area contributed by atoms with Crippen LogP contribution >= 0.6 is 0 Å². The van der Waals surface area contributed by atoms with E-state index in [0.29, 0.717) is 47.7 Å². The van der Waals surface area contributed by atoms with E-state index in [9.17, 15) is 19.8 Å². The highest BCUT2D eigenvalue weighted by atomic mass is 16.3. The summed E-state index contributed by atoms with van der Waals surface area (Å²) in [6.45, 7) is 5.27. The summed E-state index contributed by atoms with van der Waals surface area (Å²) < 4.78 is 0. The first kappa shape index (κ1) is 36.5. The standard InChI is InChI=1S/C44H52N6O4/c1-25-31(7-3-9-35(25)49-43(53)39-19-33(27-15-16-27)29(23-47-39)21-45-37-11-5-13-41(37)51)32-8-4-10-36(26(32)2)50-44(54)40-20-34(28-17-18-28)30(24-48-40)22-46-38-12-6-14-42(38)52/h3-4,7-10,19-20,23-24,27-28,37-38,41-42,45-46,51-52H,5-6,11-18,21-22H2,1-2H3,(H,49,53)(H,50,54)/t37-,38-,41-,42-/m0/s1. The molecule has 10 heteroatoms. The number of carbonyl (C=O) groups is 2. The molecule has 6 N–H and O–H groups in total. The van der Waals surface area contributed by atoms with Crippen molar-refractivity contribution in [2.75, 3.05) is 10.6 Å². The number of pyridine rings is 2. The van der Waals surface area contributed by atoms with Gasteiger partial charge < -0.3 is 31.5 Å². The molecule has 54 heavy (non-hydrogen) atoms. The number of carbonyl (C=O) groups excluding carboxylic acids is 2. The number of amides is 2. The first-order chi connectivity index (χ1) is 26.2. The summed E-state index contributed by atoms with van der Waals surface area (Å²) in [6.07, 6.45) is 13.2. The first-order valence-corrected chi connectivity index (χ1v) is 19.9. The van der Waals surface area contributed by atoms with E-state index in [1.807, 2.05) is 74.8 Å². The first-order valence-electron chi connectivity index (χ1n) is 19.9. The summed E-state index contributed by atoms with van der Waals surface area (Å²) in [4.78, 5) is 36.4. The lowest BCUT2D eigenvalue weighted by Gasteiger charge is -2.19. The summed E-state index contributed by atoms with van der Waals surface area (Å²) in [5, 5.41) is 33.8. The molecule has 4 saturated carbocycles. The minimum atomic E-state index is -0.302. The normalized spacial score (nSPS) is 22.4. The second-order valence-electron chi connectivity index (χ2n) is 15.9. The Balaban J connectivity index is 0.959. The van der Waals surface area contributed by atoms with Crippen molar-refractivity contribution in [3.8, 4) is 11.1 Å². The topological polar surface area (TPSA) is 148 Å². The Morgan fingerprint density at radius 1 is 0.630 bits per heavy atom. The van der Waals surface area contributed by atoms with Gasteiger partial charge in [-0.25, -0.2) is 0 Å². The van der Waals surface area contributed by atoms with E-state index in [0.717, 1.165) is 97.6 Å². The molecule has 10 nitrogen and oxygen atoms in total. The number of benzene rings is 2. The van der Waals surface area contributed by atoms with Crippen LogP contribution in [0.1, 0.15) is 130 Å². The van der Waals surface area contributed by atoms with Gasteiger partial charge in [0.15, 0.2) is 0 Å². The number of aliphatic hydroxyl groups is 2. The predicted molar refractivity (Wildman–Crippen MR) is 211 cm³/mol. The van der Waals surface area contributed by atoms with Gasteiger partial charge in [0.1, 0.15) is 11.4 Å². The van der Waals surface area contributed by atoms with Crippen molar-refractivity contribution in [1.29, 1.82) is 0 Å². The van der Waals surface area contributed by atoms with Crippen molar-refractivity contribution in [3.05, 3.63) is 106 Å². The van der Waals surface area contributed by atoms with Crippen LogP contribution in [-0.2, 0) is 13.1 Å². The minimum absolute atomic E-state index is 0.108. The molecule has 0 unspecified atom stereocenters. The van der Waals surface area contributed by atoms with Gasteiger partial charge in [-0.3, -0.25) is 19.6 Å². The fourth-order valence-corrected chi connectivity index (χ4v) is 8.43. The van der Waals surface area contributed by atoms with Crippen molar-refractivity contribution in [1.82, 2.24) is 20.6 Å². The Morgan fingerprint density at radius 2 is 1.06 bits per heavy atom. The number of nitrogens with one attached hydrogen (secondary N) is 4. The Hall–Kier alpha value is -4.48. The fourth-order valence-electron chi connectivity index (χ4n) is 8.43. The Bertz CT molecular complexity index is 1900. The van der Waals surface area contributed by atoms with E-state index in [1.54, 1.807) is 0 Å². The van der Waals surface area contributed by atoms with Crippen molar-refractivity contribution in [3.63, 3.8) is 0 Å². The molecular weight excluding hydrogens is 677 g/mol. The maximum absolute atomic E-state index is 13.6. The second-order valence-corrected chi connectivity index (χ2v) is 15.9. The number of hydrogen-bond acceptors (Lipinski definition) is 8. The van der Waals surface area contributed by atoms with Crippen molar-refractivity contribution in [2.45, 2.75) is 127 Å². The van der Waals surface area contributed by atoms with E-state index < -0.39 is 0 Å². The van der Waals surface area contributed by atoms with Gasteiger partial charge in [-0.1, -0.05) is 24.3 Å². The third-order valence-electron chi connectivity index (χ3n) is 12.1. The molecule has 4 atom stereocenters. The van der Waals surface area contributed by atoms with Gasteiger partial charge in [0.25, 0.3) is 11.8 Å². The average Bonchev–Trinajstić information content (AvgIpc) is 4.12. The smallest absolute Gasteiger partial charge is 0.274 e. The van der Waals surface area contributed by atoms with Gasteiger partial charge in [0, 0.05) is 48.9 Å². The summed E-state index contributed by atoms with van der Waals surface area (Å²) in [6, 6.07) is 15.9. The summed E-state index contributed by atoms with van der Waals surface area (Å²) in [5.41, 5.74) is 10.5. The third-order valence-corrected chi connectivity index (χ3v) is 12.1. The molecule has 0 spiro atoms. The van der Waals surface area contributed by atoms with Crippen LogP contribution in [0.15, 0.2) is 60.9 Å². The van der Waals surface area contributed by atoms with Crippen LogP contribution in [0.3, 0.4) is 0 Å². The zero-order chi connectivity index (χ0) is 37.3. The summed E-state index contributed by atoms with van der Waals surface area (Å²) >= 11 is 0. The van der Waals surface area contributed by atoms with Gasteiger partial charge in [0.2, 0.25) is 0 Å². The van der Waals surface area contributed by atoms with E-state index in [-0.39, 0.29) is 36.1 Å². The van der Waals surface area contributed by atoms with Crippen LogP contribution in [0.25, 0.3) is 11.1 Å².